The molecule has 0 spiro atoms. The third-order valence-corrected chi connectivity index (χ3v) is 5.99. The van der Waals surface area contributed by atoms with E-state index in [4.69, 9.17) is 23.2 Å². The lowest BCUT2D eigenvalue weighted by Crippen LogP contribution is -2.12. The molecule has 2 aromatic carbocycles. The van der Waals surface area contributed by atoms with Gasteiger partial charge in [-0.15, -0.1) is 0 Å². The SMILES string of the molecule is O=S(=O)(c1cccc(C(F)(F)F)c1Cl)c1cccc(C(F)(F)F)c1Cl. The van der Waals surface area contributed by atoms with E-state index >= 15 is 0 Å². The molecule has 0 fully saturated rings. The molecule has 136 valence electrons. The Hall–Kier alpha value is -1.45. The summed E-state index contributed by atoms with van der Waals surface area (Å²) in [5.74, 6) is 0. The summed E-state index contributed by atoms with van der Waals surface area (Å²) in [6, 6.07) is 4.17. The monoisotopic (exact) mass is 422 g/mol. The highest BCUT2D eigenvalue weighted by molar-refractivity contribution is 7.91. The van der Waals surface area contributed by atoms with E-state index < -0.39 is 53.2 Å². The van der Waals surface area contributed by atoms with E-state index in [1.54, 1.807) is 0 Å². The van der Waals surface area contributed by atoms with Crippen LogP contribution in [-0.4, -0.2) is 8.42 Å². The molecule has 0 aliphatic rings. The highest BCUT2D eigenvalue weighted by Gasteiger charge is 2.39. The van der Waals surface area contributed by atoms with Gasteiger partial charge in [-0.2, -0.15) is 26.3 Å². The molecule has 2 rings (SSSR count). The zero-order valence-electron chi connectivity index (χ0n) is 11.7. The minimum absolute atomic E-state index is 0.551. The number of hydrogen-bond donors (Lipinski definition) is 0. The van der Waals surface area contributed by atoms with E-state index in [1.807, 2.05) is 0 Å². The van der Waals surface area contributed by atoms with Gasteiger partial charge in [0, 0.05) is 0 Å². The molecule has 0 radical (unpaired) electrons. The van der Waals surface area contributed by atoms with Gasteiger partial charge >= 0.3 is 12.4 Å². The van der Waals surface area contributed by atoms with Crippen LogP contribution in [0.2, 0.25) is 10.0 Å². The summed E-state index contributed by atoms with van der Waals surface area (Å²) in [5.41, 5.74) is -2.86. The van der Waals surface area contributed by atoms with Crippen LogP contribution < -0.4 is 0 Å². The van der Waals surface area contributed by atoms with E-state index in [9.17, 15) is 34.8 Å². The maximum Gasteiger partial charge on any atom is 0.417 e. The summed E-state index contributed by atoms with van der Waals surface area (Å²) in [5, 5.41) is -2.30. The Bertz CT molecular complexity index is 850. The standard InChI is InChI=1S/C14H6Cl2F6O2S/c15-11-7(13(17,18)19)3-1-5-9(11)25(23,24)10-6-2-4-8(12(10)16)14(20,21)22/h1-6H. The first-order valence-electron chi connectivity index (χ1n) is 6.24. The summed E-state index contributed by atoms with van der Waals surface area (Å²) in [4.78, 5) is -1.99. The van der Waals surface area contributed by atoms with Crippen molar-refractivity contribution in [2.45, 2.75) is 22.1 Å². The summed E-state index contributed by atoms with van der Waals surface area (Å²) >= 11 is 11.1. The van der Waals surface area contributed by atoms with Crippen LogP contribution in [0.1, 0.15) is 11.1 Å². The van der Waals surface area contributed by atoms with Crippen LogP contribution in [0, 0.1) is 0 Å². The van der Waals surface area contributed by atoms with Gasteiger partial charge in [0.05, 0.1) is 31.0 Å². The molecular weight excluding hydrogens is 417 g/mol. The van der Waals surface area contributed by atoms with Crippen LogP contribution in [0.15, 0.2) is 46.2 Å². The molecule has 0 unspecified atom stereocenters. The van der Waals surface area contributed by atoms with Crippen molar-refractivity contribution in [3.05, 3.63) is 57.6 Å². The second kappa shape index (κ2) is 6.37. The van der Waals surface area contributed by atoms with E-state index in [0.717, 1.165) is 24.3 Å². The molecule has 25 heavy (non-hydrogen) atoms. The normalized spacial score (nSPS) is 13.1. The number of benzene rings is 2. The number of sulfone groups is 1. The predicted molar refractivity (Wildman–Crippen MR) is 78.4 cm³/mol. The molecule has 0 aromatic heterocycles. The lowest BCUT2D eigenvalue weighted by Gasteiger charge is -2.15. The van der Waals surface area contributed by atoms with Gasteiger partial charge in [0.25, 0.3) is 0 Å². The zero-order valence-corrected chi connectivity index (χ0v) is 14.0. The molecule has 0 heterocycles. The Balaban J connectivity index is 2.74. The highest BCUT2D eigenvalue weighted by Crippen LogP contribution is 2.42. The van der Waals surface area contributed by atoms with Gasteiger partial charge in [0.2, 0.25) is 9.84 Å². The van der Waals surface area contributed by atoms with Crippen molar-refractivity contribution in [2.24, 2.45) is 0 Å². The van der Waals surface area contributed by atoms with Gasteiger partial charge in [-0.25, -0.2) is 8.42 Å². The second-order valence-corrected chi connectivity index (χ2v) is 7.38. The molecule has 0 saturated heterocycles. The Morgan fingerprint density at radius 3 is 1.28 bits per heavy atom. The van der Waals surface area contributed by atoms with Crippen molar-refractivity contribution in [1.29, 1.82) is 0 Å². The van der Waals surface area contributed by atoms with E-state index in [1.165, 1.54) is 0 Å². The van der Waals surface area contributed by atoms with Crippen LogP contribution >= 0.6 is 23.2 Å². The fourth-order valence-corrected chi connectivity index (χ4v) is 4.51. The highest BCUT2D eigenvalue weighted by atomic mass is 35.5. The number of hydrogen-bond acceptors (Lipinski definition) is 2. The van der Waals surface area contributed by atoms with Gasteiger partial charge in [-0.05, 0) is 24.3 Å². The Morgan fingerprint density at radius 2 is 1.00 bits per heavy atom. The molecule has 2 nitrogen and oxygen atoms in total. The van der Waals surface area contributed by atoms with E-state index in [0.29, 0.717) is 12.1 Å². The maximum atomic E-state index is 12.9. The van der Waals surface area contributed by atoms with Crippen LogP contribution in [0.5, 0.6) is 0 Å². The van der Waals surface area contributed by atoms with E-state index in [-0.39, 0.29) is 0 Å². The van der Waals surface area contributed by atoms with Crippen LogP contribution in [0.3, 0.4) is 0 Å². The van der Waals surface area contributed by atoms with Gasteiger partial charge in [-0.3, -0.25) is 0 Å². The molecule has 2 aromatic rings. The predicted octanol–water partition coefficient (Wildman–Crippen LogP) is 5.86. The molecule has 0 amide bonds. The topological polar surface area (TPSA) is 34.1 Å². The lowest BCUT2D eigenvalue weighted by molar-refractivity contribution is -0.138. The third-order valence-electron chi connectivity index (χ3n) is 3.12. The molecule has 0 bridgehead atoms. The summed E-state index contributed by atoms with van der Waals surface area (Å²) in [6.45, 7) is 0. The van der Waals surface area contributed by atoms with Crippen LogP contribution in [0.4, 0.5) is 26.3 Å². The summed E-state index contributed by atoms with van der Waals surface area (Å²) < 4.78 is 102. The molecule has 0 aliphatic carbocycles. The van der Waals surface area contributed by atoms with Gasteiger partial charge in [-0.1, -0.05) is 35.3 Å². The minimum Gasteiger partial charge on any atom is -0.218 e. The van der Waals surface area contributed by atoms with Crippen molar-refractivity contribution in [1.82, 2.24) is 0 Å². The lowest BCUT2D eigenvalue weighted by atomic mass is 10.2. The quantitative estimate of drug-likeness (QED) is 0.567. The molecular formula is C14H6Cl2F6O2S. The van der Waals surface area contributed by atoms with Crippen molar-refractivity contribution in [3.8, 4) is 0 Å². The van der Waals surface area contributed by atoms with Gasteiger partial charge < -0.3 is 0 Å². The Kier molecular flexibility index (Phi) is 5.06. The fourth-order valence-electron chi connectivity index (χ4n) is 1.99. The van der Waals surface area contributed by atoms with Crippen LogP contribution in [0.25, 0.3) is 0 Å². The van der Waals surface area contributed by atoms with Gasteiger partial charge in [0.1, 0.15) is 0 Å². The first kappa shape index (κ1) is 19.9. The average Bonchev–Trinajstić information content (AvgIpc) is 2.44. The maximum absolute atomic E-state index is 12.9. The molecule has 0 atom stereocenters. The number of alkyl halides is 6. The molecule has 0 aliphatic heterocycles. The number of rotatable bonds is 2. The number of halogens is 8. The second-order valence-electron chi connectivity index (χ2n) is 4.73. The summed E-state index contributed by atoms with van der Waals surface area (Å²) in [6.07, 6.45) is -9.89. The average molecular weight is 423 g/mol. The first-order valence-corrected chi connectivity index (χ1v) is 8.48. The van der Waals surface area contributed by atoms with Crippen molar-refractivity contribution in [3.63, 3.8) is 0 Å². The molecule has 0 N–H and O–H groups in total. The Morgan fingerprint density at radius 1 is 0.680 bits per heavy atom. The van der Waals surface area contributed by atoms with Crippen molar-refractivity contribution in [2.75, 3.05) is 0 Å². The summed E-state index contributed by atoms with van der Waals surface area (Å²) in [7, 11) is -4.83. The minimum atomic E-state index is -4.94. The van der Waals surface area contributed by atoms with E-state index in [2.05, 4.69) is 0 Å². The smallest absolute Gasteiger partial charge is 0.218 e. The van der Waals surface area contributed by atoms with Crippen molar-refractivity contribution >= 4 is 33.0 Å². The van der Waals surface area contributed by atoms with Crippen molar-refractivity contribution < 1.29 is 34.8 Å². The Labute approximate surface area is 147 Å². The zero-order chi connectivity index (χ0) is 19.2. The van der Waals surface area contributed by atoms with Gasteiger partial charge in [0.15, 0.2) is 0 Å². The molecule has 11 heteroatoms. The van der Waals surface area contributed by atoms with Crippen LogP contribution in [-0.2, 0) is 22.2 Å². The largest absolute Gasteiger partial charge is 0.417 e. The first-order chi connectivity index (χ1) is 11.3. The fraction of sp³-hybridized carbons (Fsp3) is 0.143. The molecule has 0 saturated carbocycles. The third kappa shape index (κ3) is 3.73.